The van der Waals surface area contributed by atoms with Crippen LogP contribution in [0, 0.1) is 5.82 Å². The van der Waals surface area contributed by atoms with Gasteiger partial charge in [-0.25, -0.2) is 4.39 Å². The molecule has 0 amide bonds. The van der Waals surface area contributed by atoms with Crippen molar-refractivity contribution in [3.05, 3.63) is 35.6 Å². The van der Waals surface area contributed by atoms with E-state index in [0.29, 0.717) is 0 Å². The third kappa shape index (κ3) is 3.58. The van der Waals surface area contributed by atoms with Crippen molar-refractivity contribution in [1.29, 1.82) is 0 Å². The van der Waals surface area contributed by atoms with Gasteiger partial charge in [0.2, 0.25) is 0 Å². The highest BCUT2D eigenvalue weighted by atomic mass is 32.2. The lowest BCUT2D eigenvalue weighted by atomic mass is 10.1. The highest BCUT2D eigenvalue weighted by molar-refractivity contribution is 7.85. The van der Waals surface area contributed by atoms with E-state index < -0.39 is 27.8 Å². The van der Waals surface area contributed by atoms with E-state index in [0.717, 1.165) is 0 Å². The number of halogens is 1. The van der Waals surface area contributed by atoms with E-state index in [-0.39, 0.29) is 5.56 Å². The summed E-state index contributed by atoms with van der Waals surface area (Å²) in [6.07, 6.45) is -0.999. The summed E-state index contributed by atoms with van der Waals surface area (Å²) in [5.41, 5.74) is 0.109. The maximum atomic E-state index is 13.2. The molecule has 1 aromatic rings. The normalized spacial score (nSPS) is 13.8. The zero-order valence-electron chi connectivity index (χ0n) is 8.05. The first-order valence-corrected chi connectivity index (χ1v) is 5.77. The standard InChI is InChI=1S/C9H11FO4S/c1-14-9(6-15(11,12)13)7-4-2-3-5-8(7)10/h2-5,9H,6H2,1H3,(H,11,12,13). The molecule has 1 aromatic carbocycles. The Morgan fingerprint density at radius 3 is 2.53 bits per heavy atom. The summed E-state index contributed by atoms with van der Waals surface area (Å²) in [6.45, 7) is 0. The molecule has 6 heteroatoms. The molecule has 84 valence electrons. The molecule has 0 aliphatic heterocycles. The SMILES string of the molecule is COC(CS(=O)(=O)O)c1ccccc1F. The van der Waals surface area contributed by atoms with Gasteiger partial charge >= 0.3 is 0 Å². The van der Waals surface area contributed by atoms with Crippen LogP contribution in [0.5, 0.6) is 0 Å². The first-order chi connectivity index (χ1) is 6.94. The van der Waals surface area contributed by atoms with E-state index in [1.165, 1.54) is 25.3 Å². The zero-order valence-corrected chi connectivity index (χ0v) is 8.87. The number of methoxy groups -OCH3 is 1. The van der Waals surface area contributed by atoms with Crippen LogP contribution in [-0.2, 0) is 14.9 Å². The molecule has 15 heavy (non-hydrogen) atoms. The van der Waals surface area contributed by atoms with Crippen LogP contribution < -0.4 is 0 Å². The topological polar surface area (TPSA) is 63.6 Å². The third-order valence-electron chi connectivity index (χ3n) is 1.90. The minimum atomic E-state index is -4.19. The monoisotopic (exact) mass is 234 g/mol. The molecule has 1 N–H and O–H groups in total. The maximum absolute atomic E-state index is 13.2. The Morgan fingerprint density at radius 2 is 2.07 bits per heavy atom. The van der Waals surface area contributed by atoms with E-state index >= 15 is 0 Å². The number of ether oxygens (including phenoxy) is 1. The fourth-order valence-corrected chi connectivity index (χ4v) is 1.91. The fraction of sp³-hybridized carbons (Fsp3) is 0.333. The van der Waals surface area contributed by atoms with Crippen LogP contribution in [0.15, 0.2) is 24.3 Å². The molecule has 4 nitrogen and oxygen atoms in total. The molecule has 0 aliphatic carbocycles. The van der Waals surface area contributed by atoms with Gasteiger partial charge < -0.3 is 4.74 Å². The van der Waals surface area contributed by atoms with Gasteiger partial charge in [0, 0.05) is 12.7 Å². The summed E-state index contributed by atoms with van der Waals surface area (Å²) in [6, 6.07) is 5.66. The second kappa shape index (κ2) is 4.69. The lowest BCUT2D eigenvalue weighted by Crippen LogP contribution is -2.16. The molecule has 0 bridgehead atoms. The summed E-state index contributed by atoms with van der Waals surface area (Å²) < 4.78 is 48.0. The summed E-state index contributed by atoms with van der Waals surface area (Å²) >= 11 is 0. The summed E-state index contributed by atoms with van der Waals surface area (Å²) in [7, 11) is -2.94. The van der Waals surface area contributed by atoms with Crippen molar-refractivity contribution in [2.45, 2.75) is 6.10 Å². The molecule has 0 saturated heterocycles. The van der Waals surface area contributed by atoms with Crippen molar-refractivity contribution < 1.29 is 22.1 Å². The molecule has 1 unspecified atom stereocenters. The van der Waals surface area contributed by atoms with Crippen LogP contribution >= 0.6 is 0 Å². The van der Waals surface area contributed by atoms with Crippen LogP contribution in [0.3, 0.4) is 0 Å². The molecule has 0 fully saturated rings. The number of hydrogen-bond acceptors (Lipinski definition) is 3. The first kappa shape index (κ1) is 12.1. The van der Waals surface area contributed by atoms with Gasteiger partial charge in [-0.05, 0) is 6.07 Å². The van der Waals surface area contributed by atoms with E-state index in [9.17, 15) is 12.8 Å². The highest BCUT2D eigenvalue weighted by Crippen LogP contribution is 2.21. The molecule has 0 heterocycles. The predicted molar refractivity (Wildman–Crippen MR) is 52.6 cm³/mol. The lowest BCUT2D eigenvalue weighted by molar-refractivity contribution is 0.117. The van der Waals surface area contributed by atoms with E-state index in [4.69, 9.17) is 9.29 Å². The highest BCUT2D eigenvalue weighted by Gasteiger charge is 2.20. The van der Waals surface area contributed by atoms with Crippen molar-refractivity contribution in [2.75, 3.05) is 12.9 Å². The second-order valence-electron chi connectivity index (χ2n) is 2.99. The smallest absolute Gasteiger partial charge is 0.267 e. The van der Waals surface area contributed by atoms with Crippen molar-refractivity contribution in [2.24, 2.45) is 0 Å². The number of rotatable bonds is 4. The largest absolute Gasteiger partial charge is 0.375 e. The van der Waals surface area contributed by atoms with Crippen LogP contribution in [0.4, 0.5) is 4.39 Å². The third-order valence-corrected chi connectivity index (χ3v) is 2.62. The molecular weight excluding hydrogens is 223 g/mol. The molecular formula is C9H11FO4S. The lowest BCUT2D eigenvalue weighted by Gasteiger charge is -2.14. The molecule has 0 radical (unpaired) electrons. The Hall–Kier alpha value is -0.980. The van der Waals surface area contributed by atoms with Gasteiger partial charge in [-0.3, -0.25) is 4.55 Å². The van der Waals surface area contributed by atoms with E-state index in [1.807, 2.05) is 0 Å². The Labute approximate surface area is 87.4 Å². The summed E-state index contributed by atoms with van der Waals surface area (Å²) in [5, 5.41) is 0. The fourth-order valence-electron chi connectivity index (χ4n) is 1.21. The number of hydrogen-bond donors (Lipinski definition) is 1. The Balaban J connectivity index is 2.98. The van der Waals surface area contributed by atoms with Gasteiger partial charge in [-0.1, -0.05) is 18.2 Å². The summed E-state index contributed by atoms with van der Waals surface area (Å²) in [5.74, 6) is -1.22. The molecule has 1 rings (SSSR count). The molecule has 0 aliphatic rings. The van der Waals surface area contributed by atoms with E-state index in [1.54, 1.807) is 6.07 Å². The first-order valence-electron chi connectivity index (χ1n) is 4.16. The Bertz CT molecular complexity index is 429. The molecule has 1 atom stereocenters. The summed E-state index contributed by atoms with van der Waals surface area (Å²) in [4.78, 5) is 0. The number of benzene rings is 1. The van der Waals surface area contributed by atoms with Gasteiger partial charge in [0.1, 0.15) is 17.7 Å². The van der Waals surface area contributed by atoms with Gasteiger partial charge in [0.05, 0.1) is 0 Å². The van der Waals surface area contributed by atoms with Gasteiger partial charge in [0.25, 0.3) is 10.1 Å². The zero-order chi connectivity index (χ0) is 11.5. The van der Waals surface area contributed by atoms with Crippen LogP contribution in [0.1, 0.15) is 11.7 Å². The van der Waals surface area contributed by atoms with Crippen molar-refractivity contribution in [1.82, 2.24) is 0 Å². The van der Waals surface area contributed by atoms with Crippen LogP contribution in [-0.4, -0.2) is 25.8 Å². The molecule has 0 spiro atoms. The minimum Gasteiger partial charge on any atom is -0.375 e. The van der Waals surface area contributed by atoms with Crippen molar-refractivity contribution >= 4 is 10.1 Å². The van der Waals surface area contributed by atoms with Crippen LogP contribution in [0.25, 0.3) is 0 Å². The second-order valence-corrected chi connectivity index (χ2v) is 4.49. The maximum Gasteiger partial charge on any atom is 0.267 e. The van der Waals surface area contributed by atoms with Gasteiger partial charge in [0.15, 0.2) is 0 Å². The Morgan fingerprint density at radius 1 is 1.47 bits per heavy atom. The van der Waals surface area contributed by atoms with Gasteiger partial charge in [-0.15, -0.1) is 0 Å². The molecule has 0 aromatic heterocycles. The van der Waals surface area contributed by atoms with Crippen molar-refractivity contribution in [3.8, 4) is 0 Å². The van der Waals surface area contributed by atoms with Gasteiger partial charge in [-0.2, -0.15) is 8.42 Å². The average molecular weight is 234 g/mol. The van der Waals surface area contributed by atoms with E-state index in [2.05, 4.69) is 0 Å². The average Bonchev–Trinajstić information content (AvgIpc) is 2.14. The minimum absolute atomic E-state index is 0.109. The van der Waals surface area contributed by atoms with Crippen molar-refractivity contribution in [3.63, 3.8) is 0 Å². The predicted octanol–water partition coefficient (Wildman–Crippen LogP) is 1.40. The quantitative estimate of drug-likeness (QED) is 0.800. The Kier molecular flexibility index (Phi) is 3.78. The molecule has 0 saturated carbocycles. The van der Waals surface area contributed by atoms with Crippen LogP contribution in [0.2, 0.25) is 0 Å².